The molecule has 3 aliphatic heterocycles. The fourth-order valence-corrected chi connectivity index (χ4v) is 8.81. The topological polar surface area (TPSA) is 286 Å². The van der Waals surface area contributed by atoms with Crippen LogP contribution in [0.2, 0.25) is 0 Å². The Bertz CT molecular complexity index is 2180. The summed E-state index contributed by atoms with van der Waals surface area (Å²) >= 11 is 5.16. The first-order chi connectivity index (χ1) is 22.6. The number of phosphoric ester groups is 1. The Morgan fingerprint density at radius 3 is 2.40 bits per heavy atom. The minimum atomic E-state index is -5.30. The molecule has 0 aromatic carbocycles. The second-order valence-electron chi connectivity index (χ2n) is 11.4. The fraction of sp³-hybridized carbons (Fsp3) is 0.545. The Hall–Kier alpha value is -3.12. The summed E-state index contributed by atoms with van der Waals surface area (Å²) in [6.07, 6.45) is -9.17. The summed E-state index contributed by atoms with van der Waals surface area (Å²) in [7, 11) is -5.30. The molecule has 4 aromatic heterocycles. The molecule has 1 spiro atoms. The first-order valence-corrected chi connectivity index (χ1v) is 18.0. The molecule has 10 atom stereocenters. The van der Waals surface area contributed by atoms with Crippen molar-refractivity contribution in [1.82, 2.24) is 39.0 Å². The minimum absolute atomic E-state index is 0.107. The van der Waals surface area contributed by atoms with Gasteiger partial charge in [0.25, 0.3) is 17.0 Å². The van der Waals surface area contributed by atoms with Crippen molar-refractivity contribution in [2.45, 2.75) is 55.3 Å². The molecular formula is C22H23F2N9O12P2S. The Morgan fingerprint density at radius 2 is 1.69 bits per heavy atom. The SMILES string of the molecule is Nc1nc2c(ncn2[C@@H]2O[C@@H]3COP(=O)(O)O[C@H]4[C@H](n5cnc6c(=O)[nH]cnc65)O[C@H](COP(O)(=S)O[C@H]3[C@H]2O)[C@]42CC2(F)F)c(=O)[nH]1. The molecule has 21 nitrogen and oxygen atoms in total. The van der Waals surface area contributed by atoms with Gasteiger partial charge in [0.05, 0.1) is 43.7 Å². The van der Waals surface area contributed by atoms with E-state index in [0.717, 1.165) is 28.1 Å². The number of nitrogens with zero attached hydrogens (tertiary/aromatic N) is 6. The van der Waals surface area contributed by atoms with Crippen molar-refractivity contribution in [3.8, 4) is 0 Å². The number of rotatable bonds is 2. The summed E-state index contributed by atoms with van der Waals surface area (Å²) in [5.41, 5.74) is 1.45. The van der Waals surface area contributed by atoms with Crippen LogP contribution >= 0.6 is 14.5 Å². The van der Waals surface area contributed by atoms with E-state index in [-0.39, 0.29) is 28.3 Å². The number of nitrogen functional groups attached to an aromatic ring is 1. The number of aliphatic hydroxyl groups is 1. The van der Waals surface area contributed by atoms with Gasteiger partial charge in [-0.2, -0.15) is 4.98 Å². The highest BCUT2D eigenvalue weighted by Crippen LogP contribution is 2.73. The number of hydrogen-bond donors (Lipinski definition) is 6. The third-order valence-electron chi connectivity index (χ3n) is 8.68. The largest absolute Gasteiger partial charge is 0.472 e. The minimum Gasteiger partial charge on any atom is -0.386 e. The number of hydrogen-bond acceptors (Lipinski definition) is 16. The van der Waals surface area contributed by atoms with Crippen molar-refractivity contribution in [2.24, 2.45) is 5.41 Å². The maximum absolute atomic E-state index is 15.3. The van der Waals surface area contributed by atoms with Crippen LogP contribution in [0.3, 0.4) is 0 Å². The lowest BCUT2D eigenvalue weighted by molar-refractivity contribution is -0.0647. The normalized spacial score (nSPS) is 39.6. The van der Waals surface area contributed by atoms with Crippen molar-refractivity contribution in [1.29, 1.82) is 0 Å². The van der Waals surface area contributed by atoms with Gasteiger partial charge in [-0.05, 0) is 11.8 Å². The van der Waals surface area contributed by atoms with Crippen LogP contribution < -0.4 is 16.9 Å². The lowest BCUT2D eigenvalue weighted by atomic mass is 9.94. The van der Waals surface area contributed by atoms with Crippen LogP contribution in [0.25, 0.3) is 22.3 Å². The molecule has 7 heterocycles. The second-order valence-corrected chi connectivity index (χ2v) is 15.6. The average Bonchev–Trinajstić information content (AvgIpc) is 3.49. The van der Waals surface area contributed by atoms with E-state index in [2.05, 4.69) is 29.9 Å². The number of nitrogens with two attached hydrogens (primary N) is 1. The van der Waals surface area contributed by atoms with Crippen molar-refractivity contribution >= 4 is 54.6 Å². The molecule has 0 amide bonds. The van der Waals surface area contributed by atoms with E-state index in [1.54, 1.807) is 0 Å². The monoisotopic (exact) mass is 737 g/mol. The van der Waals surface area contributed by atoms with E-state index in [1.165, 1.54) is 0 Å². The molecule has 4 aromatic rings. The summed E-state index contributed by atoms with van der Waals surface area (Å²) < 4.78 is 79.8. The van der Waals surface area contributed by atoms with Gasteiger partial charge in [-0.3, -0.25) is 37.3 Å². The quantitative estimate of drug-likeness (QED) is 0.137. The Labute approximate surface area is 268 Å². The van der Waals surface area contributed by atoms with Crippen LogP contribution in [-0.2, 0) is 43.9 Å². The van der Waals surface area contributed by atoms with Gasteiger partial charge in [0.15, 0.2) is 34.8 Å². The zero-order valence-corrected chi connectivity index (χ0v) is 26.3. The van der Waals surface area contributed by atoms with E-state index in [1.807, 2.05) is 0 Å². The number of nitrogens with one attached hydrogen (secondary N) is 2. The van der Waals surface area contributed by atoms with Crippen molar-refractivity contribution in [3.63, 3.8) is 0 Å². The van der Waals surface area contributed by atoms with Crippen LogP contribution in [0.1, 0.15) is 18.9 Å². The fourth-order valence-electron chi connectivity index (χ4n) is 6.41. The Kier molecular flexibility index (Phi) is 7.15. The number of ether oxygens (including phenoxy) is 2. The van der Waals surface area contributed by atoms with Crippen LogP contribution in [0.5, 0.6) is 0 Å². The number of aromatic amines is 2. The van der Waals surface area contributed by atoms with Gasteiger partial charge in [0.1, 0.15) is 24.4 Å². The number of fused-ring (bicyclic) bond motifs is 3. The highest BCUT2D eigenvalue weighted by molar-refractivity contribution is 8.07. The van der Waals surface area contributed by atoms with E-state index in [4.69, 9.17) is 45.1 Å². The van der Waals surface area contributed by atoms with E-state index in [0.29, 0.717) is 0 Å². The second kappa shape index (κ2) is 10.7. The van der Waals surface area contributed by atoms with Gasteiger partial charge in [0.2, 0.25) is 5.95 Å². The molecule has 2 unspecified atom stereocenters. The zero-order chi connectivity index (χ0) is 34.0. The van der Waals surface area contributed by atoms with Crippen LogP contribution in [0, 0.1) is 5.41 Å². The van der Waals surface area contributed by atoms with Gasteiger partial charge >= 0.3 is 14.5 Å². The number of H-pyrrole nitrogens is 2. The standard InChI is InChI=1S/C22H23F2N9O12P2S/c23-22(24)3-21(22)8-2-41-47(39,48)44-12-7(42-18(11(12)34)33-6-29-10-15(33)30-20(25)31-17(10)36)1-40-46(37,38)45-13(21)19(43-8)32-5-28-9-14(32)26-4-27-16(9)35/h4-8,11-13,18-19,34H,1-3H2,(H,37,38)(H,39,48)(H,26,27,35)(H3,25,30,31,36)/t7-,8-,11-,12-,13+,18-,19-,21-,47?/m1/s1. The molecule has 48 heavy (non-hydrogen) atoms. The molecule has 26 heteroatoms. The van der Waals surface area contributed by atoms with Crippen molar-refractivity contribution < 1.29 is 55.8 Å². The molecule has 8 rings (SSSR count). The molecule has 1 saturated carbocycles. The summed E-state index contributed by atoms with van der Waals surface area (Å²) in [4.78, 5) is 67.1. The van der Waals surface area contributed by atoms with Crippen molar-refractivity contribution in [3.05, 3.63) is 39.7 Å². The summed E-state index contributed by atoms with van der Waals surface area (Å²) in [6, 6.07) is 0. The average molecular weight is 737 g/mol. The summed E-state index contributed by atoms with van der Waals surface area (Å²) in [5.74, 6) is -3.81. The van der Waals surface area contributed by atoms with E-state index in [9.17, 15) is 29.0 Å². The maximum atomic E-state index is 15.3. The number of alkyl halides is 2. The molecule has 7 N–H and O–H groups in total. The molecule has 4 aliphatic rings. The smallest absolute Gasteiger partial charge is 0.386 e. The number of imidazole rings is 2. The summed E-state index contributed by atoms with van der Waals surface area (Å²) in [6.45, 7) is -6.15. The predicted molar refractivity (Wildman–Crippen MR) is 155 cm³/mol. The molecular weight excluding hydrogens is 714 g/mol. The van der Waals surface area contributed by atoms with Crippen molar-refractivity contribution in [2.75, 3.05) is 18.9 Å². The van der Waals surface area contributed by atoms with Gasteiger partial charge in [-0.1, -0.05) is 0 Å². The first kappa shape index (κ1) is 32.1. The molecule has 1 aliphatic carbocycles. The lowest BCUT2D eigenvalue weighted by Gasteiger charge is -2.27. The highest BCUT2D eigenvalue weighted by Gasteiger charge is 2.84. The first-order valence-electron chi connectivity index (χ1n) is 13.9. The number of phosphoric acid groups is 1. The lowest BCUT2D eigenvalue weighted by Crippen LogP contribution is -2.37. The highest BCUT2D eigenvalue weighted by atomic mass is 32.5. The Morgan fingerprint density at radius 1 is 1.00 bits per heavy atom. The van der Waals surface area contributed by atoms with Gasteiger partial charge in [-0.25, -0.2) is 28.3 Å². The summed E-state index contributed by atoms with van der Waals surface area (Å²) in [5, 5.41) is 11.3. The predicted octanol–water partition coefficient (Wildman–Crippen LogP) is -0.850. The number of anilines is 1. The van der Waals surface area contributed by atoms with E-state index >= 15 is 8.78 Å². The molecule has 0 radical (unpaired) electrons. The molecule has 258 valence electrons. The van der Waals surface area contributed by atoms with Gasteiger partial charge < -0.3 is 39.6 Å². The molecule has 3 saturated heterocycles. The number of halogens is 2. The van der Waals surface area contributed by atoms with Crippen LogP contribution in [-0.4, -0.2) is 104 Å². The van der Waals surface area contributed by atoms with Gasteiger partial charge in [0, 0.05) is 6.42 Å². The van der Waals surface area contributed by atoms with E-state index < -0.39 is 99.6 Å². The molecule has 4 fully saturated rings. The van der Waals surface area contributed by atoms with Crippen LogP contribution in [0.15, 0.2) is 28.6 Å². The number of aliphatic hydroxyl groups excluding tert-OH is 1. The maximum Gasteiger partial charge on any atom is 0.472 e. The van der Waals surface area contributed by atoms with Crippen LogP contribution in [0.4, 0.5) is 14.7 Å². The third kappa shape index (κ3) is 4.90. The Balaban J connectivity index is 1.16. The third-order valence-corrected chi connectivity index (χ3v) is 11.2. The zero-order valence-electron chi connectivity index (χ0n) is 23.7. The number of aromatic nitrogens is 8. The van der Waals surface area contributed by atoms with Gasteiger partial charge in [-0.15, -0.1) is 0 Å². The molecule has 2 bridgehead atoms.